The summed E-state index contributed by atoms with van der Waals surface area (Å²) in [5.74, 6) is -1.42. The predicted molar refractivity (Wildman–Crippen MR) is 73.3 cm³/mol. The van der Waals surface area contributed by atoms with E-state index in [0.717, 1.165) is 0 Å². The molecule has 2 heterocycles. The van der Waals surface area contributed by atoms with Gasteiger partial charge in [-0.2, -0.15) is 5.10 Å². The van der Waals surface area contributed by atoms with Crippen molar-refractivity contribution >= 4 is 29.3 Å². The number of carbonyl (C=O) groups excluding carboxylic acids is 1. The molecule has 2 rings (SSSR count). The summed E-state index contributed by atoms with van der Waals surface area (Å²) in [6.45, 7) is 3.84. The lowest BCUT2D eigenvalue weighted by Gasteiger charge is -2.11. The monoisotopic (exact) mass is 296 g/mol. The maximum absolute atomic E-state index is 12.1. The van der Waals surface area contributed by atoms with Crippen LogP contribution >= 0.6 is 11.6 Å². The van der Waals surface area contributed by atoms with E-state index in [1.165, 1.54) is 6.07 Å². The number of aromatic carboxylic acids is 1. The van der Waals surface area contributed by atoms with Gasteiger partial charge >= 0.3 is 5.97 Å². The standard InChI is InChI=1S/C12H13ClN4O3/c1-6(2)17-5-7(13)3-9(17)11(18)14-10-4-8(12(19)20)15-16-10/h3-6H,1-2H3,(H,19,20)(H2,14,15,16,18). The number of aromatic amines is 1. The van der Waals surface area contributed by atoms with Crippen LogP contribution in [0.4, 0.5) is 5.82 Å². The first kappa shape index (κ1) is 14.1. The highest BCUT2D eigenvalue weighted by atomic mass is 35.5. The maximum atomic E-state index is 12.1. The Balaban J connectivity index is 2.21. The van der Waals surface area contributed by atoms with Crippen molar-refractivity contribution in [1.29, 1.82) is 0 Å². The van der Waals surface area contributed by atoms with Crippen LogP contribution in [0.5, 0.6) is 0 Å². The van der Waals surface area contributed by atoms with E-state index >= 15 is 0 Å². The molecule has 2 aromatic rings. The van der Waals surface area contributed by atoms with Crippen LogP contribution in [0.3, 0.4) is 0 Å². The lowest BCUT2D eigenvalue weighted by Crippen LogP contribution is -2.17. The molecule has 0 aromatic carbocycles. The molecule has 7 nitrogen and oxygen atoms in total. The van der Waals surface area contributed by atoms with Crippen LogP contribution < -0.4 is 5.32 Å². The number of carboxylic acid groups (broad SMARTS) is 1. The molecule has 0 unspecified atom stereocenters. The predicted octanol–water partition coefficient (Wildman–Crippen LogP) is 2.40. The zero-order valence-corrected chi connectivity index (χ0v) is 11.6. The molecule has 0 aliphatic rings. The summed E-state index contributed by atoms with van der Waals surface area (Å²) in [5.41, 5.74) is 0.280. The lowest BCUT2D eigenvalue weighted by molar-refractivity contribution is 0.0690. The summed E-state index contributed by atoms with van der Waals surface area (Å²) in [7, 11) is 0. The lowest BCUT2D eigenvalue weighted by atomic mass is 10.3. The van der Waals surface area contributed by atoms with Gasteiger partial charge in [-0.05, 0) is 19.9 Å². The molecule has 0 spiro atoms. The van der Waals surface area contributed by atoms with Crippen LogP contribution in [0.2, 0.25) is 5.02 Å². The molecule has 3 N–H and O–H groups in total. The fourth-order valence-electron chi connectivity index (χ4n) is 1.73. The molecule has 0 atom stereocenters. The number of H-pyrrole nitrogens is 1. The Labute approximate surface area is 119 Å². The Bertz CT molecular complexity index is 659. The first-order valence-electron chi connectivity index (χ1n) is 5.86. The van der Waals surface area contributed by atoms with Gasteiger partial charge in [-0.3, -0.25) is 9.89 Å². The molecule has 0 bridgehead atoms. The van der Waals surface area contributed by atoms with Crippen LogP contribution in [0.15, 0.2) is 18.3 Å². The fraction of sp³-hybridized carbons (Fsp3) is 0.250. The Morgan fingerprint density at radius 1 is 1.45 bits per heavy atom. The molecular weight excluding hydrogens is 284 g/mol. The first-order valence-corrected chi connectivity index (χ1v) is 6.23. The molecule has 0 fully saturated rings. The number of rotatable bonds is 4. The van der Waals surface area contributed by atoms with E-state index in [9.17, 15) is 9.59 Å². The van der Waals surface area contributed by atoms with Gasteiger partial charge in [-0.1, -0.05) is 11.6 Å². The summed E-state index contributed by atoms with van der Waals surface area (Å²) in [5, 5.41) is 17.7. The van der Waals surface area contributed by atoms with Crippen molar-refractivity contribution < 1.29 is 14.7 Å². The number of nitrogens with zero attached hydrogens (tertiary/aromatic N) is 2. The van der Waals surface area contributed by atoms with Gasteiger partial charge in [0.05, 0.1) is 5.02 Å². The van der Waals surface area contributed by atoms with Gasteiger partial charge in [0.25, 0.3) is 5.91 Å². The molecule has 1 amide bonds. The summed E-state index contributed by atoms with van der Waals surface area (Å²) in [6, 6.07) is 2.85. The number of amides is 1. The van der Waals surface area contributed by atoms with E-state index < -0.39 is 11.9 Å². The number of hydrogen-bond donors (Lipinski definition) is 3. The highest BCUT2D eigenvalue weighted by Crippen LogP contribution is 2.20. The quantitative estimate of drug-likeness (QED) is 0.806. The van der Waals surface area contributed by atoms with Gasteiger partial charge < -0.3 is 15.0 Å². The third kappa shape index (κ3) is 2.83. The van der Waals surface area contributed by atoms with E-state index in [2.05, 4.69) is 15.5 Å². The van der Waals surface area contributed by atoms with E-state index in [1.54, 1.807) is 16.8 Å². The highest BCUT2D eigenvalue weighted by molar-refractivity contribution is 6.31. The second kappa shape index (κ2) is 5.38. The van der Waals surface area contributed by atoms with Crippen LogP contribution in [-0.4, -0.2) is 31.7 Å². The van der Waals surface area contributed by atoms with E-state index in [-0.39, 0.29) is 17.6 Å². The summed E-state index contributed by atoms with van der Waals surface area (Å²) >= 11 is 5.90. The van der Waals surface area contributed by atoms with Gasteiger partial charge in [0, 0.05) is 18.3 Å². The highest BCUT2D eigenvalue weighted by Gasteiger charge is 2.17. The zero-order valence-electron chi connectivity index (χ0n) is 10.8. The van der Waals surface area contributed by atoms with Crippen LogP contribution in [0.1, 0.15) is 40.9 Å². The largest absolute Gasteiger partial charge is 0.477 e. The van der Waals surface area contributed by atoms with Crippen LogP contribution in [0.25, 0.3) is 0 Å². The summed E-state index contributed by atoms with van der Waals surface area (Å²) in [6.07, 6.45) is 1.66. The third-order valence-electron chi connectivity index (χ3n) is 2.65. The molecule has 0 saturated carbocycles. The molecule has 20 heavy (non-hydrogen) atoms. The zero-order chi connectivity index (χ0) is 14.9. The minimum atomic E-state index is -1.15. The number of anilines is 1. The van der Waals surface area contributed by atoms with E-state index in [0.29, 0.717) is 10.7 Å². The molecule has 0 aliphatic heterocycles. The SMILES string of the molecule is CC(C)n1cc(Cl)cc1C(=O)Nc1cc(C(=O)O)[nH]n1. The van der Waals surface area contributed by atoms with Gasteiger partial charge in [-0.25, -0.2) is 4.79 Å². The number of nitrogens with one attached hydrogen (secondary N) is 2. The van der Waals surface area contributed by atoms with Gasteiger partial charge in [0.2, 0.25) is 0 Å². The third-order valence-corrected chi connectivity index (χ3v) is 2.86. The van der Waals surface area contributed by atoms with Crippen LogP contribution in [0, 0.1) is 0 Å². The first-order chi connectivity index (χ1) is 9.38. The number of hydrogen-bond acceptors (Lipinski definition) is 3. The van der Waals surface area contributed by atoms with Gasteiger partial charge in [0.15, 0.2) is 5.82 Å². The molecule has 0 radical (unpaired) electrons. The fourth-order valence-corrected chi connectivity index (χ4v) is 1.94. The number of carbonyl (C=O) groups is 2. The van der Waals surface area contributed by atoms with Crippen molar-refractivity contribution in [2.75, 3.05) is 5.32 Å². The van der Waals surface area contributed by atoms with Gasteiger partial charge in [-0.15, -0.1) is 0 Å². The van der Waals surface area contributed by atoms with E-state index in [4.69, 9.17) is 16.7 Å². The number of carboxylic acids is 1. The number of aromatic nitrogens is 3. The minimum Gasteiger partial charge on any atom is -0.477 e. The summed E-state index contributed by atoms with van der Waals surface area (Å²) < 4.78 is 1.72. The average molecular weight is 297 g/mol. The molecule has 2 aromatic heterocycles. The maximum Gasteiger partial charge on any atom is 0.353 e. The second-order valence-electron chi connectivity index (χ2n) is 4.47. The van der Waals surface area contributed by atoms with Crippen molar-refractivity contribution in [2.24, 2.45) is 0 Å². The molecule has 8 heteroatoms. The Morgan fingerprint density at radius 2 is 2.15 bits per heavy atom. The summed E-state index contributed by atoms with van der Waals surface area (Å²) in [4.78, 5) is 22.9. The molecule has 106 valence electrons. The average Bonchev–Trinajstić information content (AvgIpc) is 2.95. The van der Waals surface area contributed by atoms with Crippen LogP contribution in [-0.2, 0) is 0 Å². The minimum absolute atomic E-state index is 0.0667. The van der Waals surface area contributed by atoms with Crippen molar-refractivity contribution in [2.45, 2.75) is 19.9 Å². The molecular formula is C12H13ClN4O3. The Hall–Kier alpha value is -2.28. The topological polar surface area (TPSA) is 100 Å². The smallest absolute Gasteiger partial charge is 0.353 e. The molecule has 0 aliphatic carbocycles. The Morgan fingerprint density at radius 3 is 2.70 bits per heavy atom. The van der Waals surface area contributed by atoms with E-state index in [1.807, 2.05) is 13.8 Å². The van der Waals surface area contributed by atoms with Crippen molar-refractivity contribution in [3.8, 4) is 0 Å². The number of halogens is 1. The normalized spacial score (nSPS) is 10.8. The van der Waals surface area contributed by atoms with Crippen molar-refractivity contribution in [1.82, 2.24) is 14.8 Å². The van der Waals surface area contributed by atoms with Gasteiger partial charge in [0.1, 0.15) is 11.4 Å². The molecule has 0 saturated heterocycles. The van der Waals surface area contributed by atoms with Crippen molar-refractivity contribution in [3.63, 3.8) is 0 Å². The Kier molecular flexibility index (Phi) is 3.80. The van der Waals surface area contributed by atoms with Crippen molar-refractivity contribution in [3.05, 3.63) is 34.7 Å². The second-order valence-corrected chi connectivity index (χ2v) is 4.91.